The summed E-state index contributed by atoms with van der Waals surface area (Å²) in [5.41, 5.74) is -1.23. The molecule has 1 heterocycles. The van der Waals surface area contributed by atoms with Crippen molar-refractivity contribution in [3.05, 3.63) is 12.7 Å². The van der Waals surface area contributed by atoms with Gasteiger partial charge in [0.25, 0.3) is 0 Å². The summed E-state index contributed by atoms with van der Waals surface area (Å²) in [5, 5.41) is 14.4. The van der Waals surface area contributed by atoms with E-state index in [1.165, 1.54) is 0 Å². The molecular weight excluding hydrogens is 264 g/mol. The number of rotatable bonds is 8. The first-order valence-corrected chi connectivity index (χ1v) is 6.66. The summed E-state index contributed by atoms with van der Waals surface area (Å²) in [6, 6.07) is -0.498. The molecule has 3 N–H and O–H groups in total. The molecule has 0 aromatic rings. The third kappa shape index (κ3) is 5.18. The molecule has 0 radical (unpaired) electrons. The van der Waals surface area contributed by atoms with E-state index in [1.54, 1.807) is 6.08 Å². The lowest BCUT2D eigenvalue weighted by Crippen LogP contribution is -2.59. The maximum absolute atomic E-state index is 11.7. The molecule has 0 spiro atoms. The van der Waals surface area contributed by atoms with Gasteiger partial charge in [0.05, 0.1) is 13.2 Å². The van der Waals surface area contributed by atoms with Crippen LogP contribution in [0.3, 0.4) is 0 Å². The number of carbonyl (C=O) groups is 2. The van der Waals surface area contributed by atoms with Crippen LogP contribution in [-0.4, -0.2) is 55.6 Å². The summed E-state index contributed by atoms with van der Waals surface area (Å²) in [5.74, 6) is -1.03. The van der Waals surface area contributed by atoms with Crippen molar-refractivity contribution in [2.24, 2.45) is 0 Å². The highest BCUT2D eigenvalue weighted by molar-refractivity contribution is 5.86. The lowest BCUT2D eigenvalue weighted by molar-refractivity contribution is -0.148. The van der Waals surface area contributed by atoms with Gasteiger partial charge in [-0.1, -0.05) is 6.08 Å². The van der Waals surface area contributed by atoms with Crippen molar-refractivity contribution in [1.29, 1.82) is 0 Å². The Hall–Kier alpha value is -1.60. The zero-order chi connectivity index (χ0) is 14.8. The molecule has 0 bridgehead atoms. The van der Waals surface area contributed by atoms with Crippen LogP contribution < -0.4 is 10.6 Å². The molecule has 20 heavy (non-hydrogen) atoms. The largest absolute Gasteiger partial charge is 0.480 e. The van der Waals surface area contributed by atoms with E-state index in [0.29, 0.717) is 33.0 Å². The van der Waals surface area contributed by atoms with Crippen LogP contribution in [0.1, 0.15) is 19.3 Å². The summed E-state index contributed by atoms with van der Waals surface area (Å²) in [4.78, 5) is 23.0. The number of carbonyl (C=O) groups excluding carboxylic acids is 1. The Kier molecular flexibility index (Phi) is 7.03. The van der Waals surface area contributed by atoms with Gasteiger partial charge in [-0.15, -0.1) is 6.58 Å². The fourth-order valence-electron chi connectivity index (χ4n) is 1.88. The van der Waals surface area contributed by atoms with Gasteiger partial charge < -0.3 is 25.2 Å². The second-order valence-electron chi connectivity index (χ2n) is 4.57. The number of nitrogens with one attached hydrogen (secondary N) is 2. The van der Waals surface area contributed by atoms with Crippen LogP contribution in [0.15, 0.2) is 12.7 Å². The minimum atomic E-state index is -1.23. The highest BCUT2D eigenvalue weighted by Gasteiger charge is 2.41. The van der Waals surface area contributed by atoms with Crippen molar-refractivity contribution >= 4 is 12.0 Å². The summed E-state index contributed by atoms with van der Waals surface area (Å²) in [6.45, 7) is 5.50. The number of hydrogen-bond donors (Lipinski definition) is 3. The van der Waals surface area contributed by atoms with Crippen LogP contribution in [-0.2, 0) is 14.3 Å². The van der Waals surface area contributed by atoms with Crippen LogP contribution in [0, 0.1) is 0 Å². The first-order valence-electron chi connectivity index (χ1n) is 6.66. The van der Waals surface area contributed by atoms with E-state index in [4.69, 9.17) is 9.47 Å². The summed E-state index contributed by atoms with van der Waals surface area (Å²) in [7, 11) is 0. The smallest absolute Gasteiger partial charge is 0.329 e. The molecule has 1 saturated heterocycles. The third-order valence-electron chi connectivity index (χ3n) is 3.11. The van der Waals surface area contributed by atoms with Crippen molar-refractivity contribution in [2.75, 3.05) is 33.0 Å². The van der Waals surface area contributed by atoms with Crippen molar-refractivity contribution in [2.45, 2.75) is 24.8 Å². The van der Waals surface area contributed by atoms with Crippen LogP contribution in [0.4, 0.5) is 4.79 Å². The maximum Gasteiger partial charge on any atom is 0.329 e. The first-order chi connectivity index (χ1) is 9.60. The van der Waals surface area contributed by atoms with Crippen LogP contribution in [0.2, 0.25) is 0 Å². The Morgan fingerprint density at radius 2 is 2.05 bits per heavy atom. The number of urea groups is 1. The third-order valence-corrected chi connectivity index (χ3v) is 3.11. The minimum Gasteiger partial charge on any atom is -0.480 e. The molecule has 7 heteroatoms. The lowest BCUT2D eigenvalue weighted by Gasteiger charge is -2.33. The normalized spacial score (nSPS) is 17.2. The summed E-state index contributed by atoms with van der Waals surface area (Å²) < 4.78 is 10.4. The Balaban J connectivity index is 2.28. The van der Waals surface area contributed by atoms with E-state index >= 15 is 0 Å². The fourth-order valence-corrected chi connectivity index (χ4v) is 1.88. The molecule has 1 aliphatic rings. The number of ether oxygens (including phenoxy) is 2. The number of aliphatic carboxylic acids is 1. The molecule has 1 rings (SSSR count). The standard InChI is InChI=1S/C13H22N2O5/c1-2-3-7-19-10-6-14-12(18)15-13(11(16)17)4-8-20-9-5-13/h2H,1,3-10H2,(H,16,17)(H2,14,15,18). The zero-order valence-electron chi connectivity index (χ0n) is 11.5. The Labute approximate surface area is 118 Å². The Bertz CT molecular complexity index is 340. The van der Waals surface area contributed by atoms with Crippen LogP contribution in [0.5, 0.6) is 0 Å². The predicted octanol–water partition coefficient (Wildman–Crippen LogP) is 0.512. The fraction of sp³-hybridized carbons (Fsp3) is 0.692. The molecule has 114 valence electrons. The Morgan fingerprint density at radius 1 is 1.35 bits per heavy atom. The van der Waals surface area contributed by atoms with Crippen molar-refractivity contribution in [1.82, 2.24) is 10.6 Å². The molecular formula is C13H22N2O5. The van der Waals surface area contributed by atoms with Gasteiger partial charge in [-0.2, -0.15) is 0 Å². The number of carboxylic acid groups (broad SMARTS) is 1. The topological polar surface area (TPSA) is 96.9 Å². The highest BCUT2D eigenvalue weighted by atomic mass is 16.5. The van der Waals surface area contributed by atoms with Gasteiger partial charge >= 0.3 is 12.0 Å². The van der Waals surface area contributed by atoms with E-state index in [-0.39, 0.29) is 12.8 Å². The van der Waals surface area contributed by atoms with E-state index in [1.807, 2.05) is 0 Å². The average Bonchev–Trinajstić information content (AvgIpc) is 2.43. The molecule has 2 amide bonds. The van der Waals surface area contributed by atoms with Crippen LogP contribution in [0.25, 0.3) is 0 Å². The van der Waals surface area contributed by atoms with Gasteiger partial charge in [0.1, 0.15) is 5.54 Å². The van der Waals surface area contributed by atoms with Crippen LogP contribution >= 0.6 is 0 Å². The SMILES string of the molecule is C=CCCOCCNC(=O)NC1(C(=O)O)CCOCC1. The summed E-state index contributed by atoms with van der Waals surface area (Å²) >= 11 is 0. The minimum absolute atomic E-state index is 0.269. The lowest BCUT2D eigenvalue weighted by atomic mass is 9.90. The van der Waals surface area contributed by atoms with Gasteiger partial charge in [-0.05, 0) is 6.42 Å². The van der Waals surface area contributed by atoms with Gasteiger partial charge in [0.15, 0.2) is 0 Å². The van der Waals surface area contributed by atoms with E-state index < -0.39 is 17.5 Å². The second kappa shape index (κ2) is 8.55. The number of carboxylic acids is 1. The monoisotopic (exact) mass is 286 g/mol. The predicted molar refractivity (Wildman–Crippen MR) is 72.6 cm³/mol. The zero-order valence-corrected chi connectivity index (χ0v) is 11.5. The molecule has 1 fully saturated rings. The van der Waals surface area contributed by atoms with Gasteiger partial charge in [0.2, 0.25) is 0 Å². The molecule has 0 aromatic carbocycles. The molecule has 0 aliphatic carbocycles. The van der Waals surface area contributed by atoms with Crippen molar-refractivity contribution in [3.63, 3.8) is 0 Å². The van der Waals surface area contributed by atoms with E-state index in [9.17, 15) is 14.7 Å². The quantitative estimate of drug-likeness (QED) is 0.446. The van der Waals surface area contributed by atoms with E-state index in [2.05, 4.69) is 17.2 Å². The van der Waals surface area contributed by atoms with Gasteiger partial charge in [-0.3, -0.25) is 0 Å². The number of amides is 2. The average molecular weight is 286 g/mol. The molecule has 1 aliphatic heterocycles. The van der Waals surface area contributed by atoms with Gasteiger partial charge in [-0.25, -0.2) is 9.59 Å². The molecule has 0 aromatic heterocycles. The molecule has 0 atom stereocenters. The van der Waals surface area contributed by atoms with Gasteiger partial charge in [0, 0.05) is 32.6 Å². The number of hydrogen-bond acceptors (Lipinski definition) is 4. The first kappa shape index (κ1) is 16.5. The van der Waals surface area contributed by atoms with E-state index in [0.717, 1.165) is 6.42 Å². The Morgan fingerprint density at radius 3 is 2.65 bits per heavy atom. The molecule has 0 saturated carbocycles. The maximum atomic E-state index is 11.7. The van der Waals surface area contributed by atoms with Crippen molar-refractivity contribution < 1.29 is 24.2 Å². The highest BCUT2D eigenvalue weighted by Crippen LogP contribution is 2.20. The second-order valence-corrected chi connectivity index (χ2v) is 4.57. The molecule has 7 nitrogen and oxygen atoms in total. The summed E-state index contributed by atoms with van der Waals surface area (Å²) in [6.07, 6.45) is 3.05. The van der Waals surface area contributed by atoms with Crippen molar-refractivity contribution in [3.8, 4) is 0 Å². The molecule has 0 unspecified atom stereocenters.